The fourth-order valence-electron chi connectivity index (χ4n) is 3.04. The van der Waals surface area contributed by atoms with Gasteiger partial charge in [-0.05, 0) is 43.8 Å². The molecule has 2 aromatic carbocycles. The van der Waals surface area contributed by atoms with Gasteiger partial charge in [-0.15, -0.1) is 0 Å². The van der Waals surface area contributed by atoms with Crippen LogP contribution in [0.5, 0.6) is 5.75 Å². The summed E-state index contributed by atoms with van der Waals surface area (Å²) < 4.78 is 33.1. The SMILES string of the molecule is CNCc1cc(F)cc(Cl)c1COc1cccc2c(N=CC(F)=CN)cc(C)nc12. The highest BCUT2D eigenvalue weighted by atomic mass is 35.5. The van der Waals surface area contributed by atoms with Gasteiger partial charge in [0.05, 0.1) is 16.9 Å². The predicted molar refractivity (Wildman–Crippen MR) is 117 cm³/mol. The number of nitrogens with one attached hydrogen (secondary N) is 1. The number of aryl methyl sites for hydroxylation is 1. The maximum Gasteiger partial charge on any atom is 0.156 e. The van der Waals surface area contributed by atoms with E-state index in [4.69, 9.17) is 22.1 Å². The lowest BCUT2D eigenvalue weighted by Gasteiger charge is -2.15. The smallest absolute Gasteiger partial charge is 0.156 e. The molecule has 0 spiro atoms. The molecule has 0 atom stereocenters. The van der Waals surface area contributed by atoms with Crippen LogP contribution in [0.25, 0.3) is 10.9 Å². The summed E-state index contributed by atoms with van der Waals surface area (Å²) in [6.07, 6.45) is 1.88. The molecule has 8 heteroatoms. The summed E-state index contributed by atoms with van der Waals surface area (Å²) in [6.45, 7) is 2.39. The van der Waals surface area contributed by atoms with Crippen LogP contribution < -0.4 is 15.8 Å². The Bertz CT molecular complexity index is 1130. The molecule has 1 aromatic heterocycles. The first kappa shape index (κ1) is 21.7. The minimum atomic E-state index is -0.645. The maximum absolute atomic E-state index is 13.7. The molecule has 0 radical (unpaired) electrons. The van der Waals surface area contributed by atoms with Crippen molar-refractivity contribution in [2.24, 2.45) is 10.7 Å². The summed E-state index contributed by atoms with van der Waals surface area (Å²) in [5.41, 5.74) is 8.36. The molecule has 0 saturated heterocycles. The highest BCUT2D eigenvalue weighted by Crippen LogP contribution is 2.33. The van der Waals surface area contributed by atoms with Crippen LogP contribution in [0.3, 0.4) is 0 Å². The van der Waals surface area contributed by atoms with E-state index in [0.29, 0.717) is 50.7 Å². The van der Waals surface area contributed by atoms with Crippen LogP contribution in [0.1, 0.15) is 16.8 Å². The van der Waals surface area contributed by atoms with Crippen molar-refractivity contribution in [3.8, 4) is 5.75 Å². The highest BCUT2D eigenvalue weighted by Gasteiger charge is 2.13. The van der Waals surface area contributed by atoms with Crippen LogP contribution in [-0.4, -0.2) is 18.2 Å². The third kappa shape index (κ3) is 4.93. The van der Waals surface area contributed by atoms with Gasteiger partial charge in [-0.1, -0.05) is 23.7 Å². The van der Waals surface area contributed by atoms with Crippen LogP contribution in [-0.2, 0) is 13.2 Å². The van der Waals surface area contributed by atoms with Crippen LogP contribution in [0.15, 0.2) is 53.4 Å². The summed E-state index contributed by atoms with van der Waals surface area (Å²) in [5.74, 6) is -0.538. The zero-order valence-corrected chi connectivity index (χ0v) is 17.3. The Morgan fingerprint density at radius 1 is 1.33 bits per heavy atom. The third-order valence-corrected chi connectivity index (χ3v) is 4.72. The molecular formula is C22H21ClF2N4O. The van der Waals surface area contributed by atoms with Crippen molar-refractivity contribution in [1.29, 1.82) is 0 Å². The number of fused-ring (bicyclic) bond motifs is 1. The van der Waals surface area contributed by atoms with E-state index in [1.54, 1.807) is 25.2 Å². The van der Waals surface area contributed by atoms with Gasteiger partial charge in [0.25, 0.3) is 0 Å². The Morgan fingerprint density at radius 3 is 2.87 bits per heavy atom. The Labute approximate surface area is 178 Å². The van der Waals surface area contributed by atoms with Crippen molar-refractivity contribution in [2.75, 3.05) is 7.05 Å². The van der Waals surface area contributed by atoms with E-state index in [0.717, 1.165) is 12.4 Å². The first-order valence-electron chi connectivity index (χ1n) is 9.19. The van der Waals surface area contributed by atoms with Crippen LogP contribution in [0, 0.1) is 12.7 Å². The van der Waals surface area contributed by atoms with E-state index < -0.39 is 11.6 Å². The number of aromatic nitrogens is 1. The average Bonchev–Trinajstić information content (AvgIpc) is 2.71. The van der Waals surface area contributed by atoms with Crippen molar-refractivity contribution in [2.45, 2.75) is 20.1 Å². The number of ether oxygens (including phenoxy) is 1. The molecule has 0 bridgehead atoms. The molecule has 3 aromatic rings. The molecule has 0 fully saturated rings. The molecule has 0 aliphatic rings. The van der Waals surface area contributed by atoms with E-state index in [9.17, 15) is 8.78 Å². The number of nitrogens with zero attached hydrogens (tertiary/aromatic N) is 2. The number of hydrogen-bond donors (Lipinski definition) is 2. The van der Waals surface area contributed by atoms with Gasteiger partial charge in [0.1, 0.15) is 23.7 Å². The molecule has 30 heavy (non-hydrogen) atoms. The molecule has 0 unspecified atom stereocenters. The van der Waals surface area contributed by atoms with Crippen molar-refractivity contribution in [3.63, 3.8) is 0 Å². The monoisotopic (exact) mass is 430 g/mol. The van der Waals surface area contributed by atoms with E-state index in [1.165, 1.54) is 12.1 Å². The number of hydrogen-bond acceptors (Lipinski definition) is 5. The molecule has 0 saturated carbocycles. The van der Waals surface area contributed by atoms with Gasteiger partial charge in [0, 0.05) is 29.4 Å². The number of halogens is 3. The number of pyridine rings is 1. The quantitative estimate of drug-likeness (QED) is 0.511. The summed E-state index contributed by atoms with van der Waals surface area (Å²) in [6, 6.07) is 9.83. The normalized spacial score (nSPS) is 12.1. The lowest BCUT2D eigenvalue weighted by Crippen LogP contribution is -2.10. The first-order valence-corrected chi connectivity index (χ1v) is 9.56. The summed E-state index contributed by atoms with van der Waals surface area (Å²) in [7, 11) is 1.77. The maximum atomic E-state index is 13.7. The molecule has 0 amide bonds. The molecule has 0 aliphatic carbocycles. The number of para-hydroxylation sites is 1. The van der Waals surface area contributed by atoms with Gasteiger partial charge in [0.2, 0.25) is 0 Å². The topological polar surface area (TPSA) is 72.5 Å². The van der Waals surface area contributed by atoms with Gasteiger partial charge >= 0.3 is 0 Å². The number of rotatable bonds is 7. The van der Waals surface area contributed by atoms with Gasteiger partial charge < -0.3 is 15.8 Å². The Balaban J connectivity index is 1.99. The van der Waals surface area contributed by atoms with Crippen LogP contribution in [0.4, 0.5) is 14.5 Å². The number of allylic oxidation sites excluding steroid dienone is 1. The molecule has 156 valence electrons. The van der Waals surface area contributed by atoms with Crippen LogP contribution >= 0.6 is 11.6 Å². The minimum absolute atomic E-state index is 0.133. The largest absolute Gasteiger partial charge is 0.487 e. The molecule has 1 heterocycles. The van der Waals surface area contributed by atoms with Gasteiger partial charge in [-0.2, -0.15) is 0 Å². The van der Waals surface area contributed by atoms with Gasteiger partial charge in [0.15, 0.2) is 5.83 Å². The lowest BCUT2D eigenvalue weighted by molar-refractivity contribution is 0.308. The minimum Gasteiger partial charge on any atom is -0.487 e. The standard InChI is InChI=1S/C22H21ClF2N4O/c1-13-6-20(28-11-16(25)9-26)17-4-3-5-21(22(17)29-13)30-12-18-14(10-27-2)7-15(24)8-19(18)23/h3-9,11,27H,10,12,26H2,1-2H3. The Hall–Kier alpha value is -3.03. The fourth-order valence-corrected chi connectivity index (χ4v) is 3.32. The van der Waals surface area contributed by atoms with Crippen molar-refractivity contribution in [3.05, 3.63) is 76.1 Å². The summed E-state index contributed by atoms with van der Waals surface area (Å²) >= 11 is 6.26. The Kier molecular flexibility index (Phi) is 6.97. The third-order valence-electron chi connectivity index (χ3n) is 4.39. The van der Waals surface area contributed by atoms with Crippen LogP contribution in [0.2, 0.25) is 5.02 Å². The predicted octanol–water partition coefficient (Wildman–Crippen LogP) is 5.11. The Morgan fingerprint density at radius 2 is 2.13 bits per heavy atom. The first-order chi connectivity index (χ1) is 14.4. The summed E-state index contributed by atoms with van der Waals surface area (Å²) in [5, 5.41) is 3.98. The van der Waals surface area contributed by atoms with E-state index in [-0.39, 0.29) is 6.61 Å². The van der Waals surface area contributed by atoms with E-state index in [1.807, 2.05) is 13.0 Å². The fraction of sp³-hybridized carbons (Fsp3) is 0.182. The van der Waals surface area contributed by atoms with E-state index >= 15 is 0 Å². The zero-order chi connectivity index (χ0) is 21.7. The van der Waals surface area contributed by atoms with Crippen molar-refractivity contribution in [1.82, 2.24) is 10.3 Å². The molecular weight excluding hydrogens is 410 g/mol. The molecule has 0 aliphatic heterocycles. The number of aliphatic imine (C=N–C) groups is 1. The second kappa shape index (κ2) is 9.65. The number of nitrogens with two attached hydrogens (primary N) is 1. The average molecular weight is 431 g/mol. The second-order valence-electron chi connectivity index (χ2n) is 6.59. The van der Waals surface area contributed by atoms with E-state index in [2.05, 4.69) is 15.3 Å². The van der Waals surface area contributed by atoms with Crippen molar-refractivity contribution >= 4 is 34.4 Å². The lowest BCUT2D eigenvalue weighted by atomic mass is 10.1. The second-order valence-corrected chi connectivity index (χ2v) is 7.00. The highest BCUT2D eigenvalue weighted by molar-refractivity contribution is 6.31. The summed E-state index contributed by atoms with van der Waals surface area (Å²) in [4.78, 5) is 8.73. The van der Waals surface area contributed by atoms with Gasteiger partial charge in [-0.3, -0.25) is 4.99 Å². The number of benzene rings is 2. The zero-order valence-electron chi connectivity index (χ0n) is 16.5. The molecule has 3 N–H and O–H groups in total. The molecule has 5 nitrogen and oxygen atoms in total. The van der Waals surface area contributed by atoms with Gasteiger partial charge in [-0.25, -0.2) is 13.8 Å². The molecule has 3 rings (SSSR count). The van der Waals surface area contributed by atoms with Crippen molar-refractivity contribution < 1.29 is 13.5 Å².